The van der Waals surface area contributed by atoms with Crippen LogP contribution in [0.25, 0.3) is 5.65 Å². The molecule has 2 N–H and O–H groups in total. The molecule has 102 valence electrons. The molecule has 0 aliphatic heterocycles. The van der Waals surface area contributed by atoms with Crippen molar-refractivity contribution < 1.29 is 0 Å². The van der Waals surface area contributed by atoms with Crippen LogP contribution in [0.15, 0.2) is 42.7 Å². The van der Waals surface area contributed by atoms with Crippen LogP contribution in [0.2, 0.25) is 0 Å². The van der Waals surface area contributed by atoms with Crippen molar-refractivity contribution in [3.8, 4) is 0 Å². The first-order chi connectivity index (χ1) is 9.74. The normalized spacial score (nSPS) is 12.7. The van der Waals surface area contributed by atoms with E-state index in [-0.39, 0.29) is 6.04 Å². The van der Waals surface area contributed by atoms with E-state index in [0.717, 1.165) is 30.0 Å². The number of hydrogen-bond acceptors (Lipinski definition) is 4. The van der Waals surface area contributed by atoms with Crippen LogP contribution in [0.1, 0.15) is 29.5 Å². The lowest BCUT2D eigenvalue weighted by Gasteiger charge is -2.09. The highest BCUT2D eigenvalue weighted by molar-refractivity contribution is 5.38. The van der Waals surface area contributed by atoms with Crippen LogP contribution < -0.4 is 5.73 Å². The molecule has 1 unspecified atom stereocenters. The molecule has 0 amide bonds. The highest BCUT2D eigenvalue weighted by Crippen LogP contribution is 2.16. The fraction of sp³-hybridized carbons (Fsp3) is 0.267. The van der Waals surface area contributed by atoms with Gasteiger partial charge in [0, 0.05) is 11.8 Å². The molecule has 3 aromatic rings. The Morgan fingerprint density at radius 2 is 2.00 bits per heavy atom. The van der Waals surface area contributed by atoms with Crippen molar-refractivity contribution in [1.82, 2.24) is 19.6 Å². The summed E-state index contributed by atoms with van der Waals surface area (Å²) in [5.74, 6) is 0.767. The quantitative estimate of drug-likeness (QED) is 0.785. The van der Waals surface area contributed by atoms with Crippen LogP contribution in [-0.4, -0.2) is 19.6 Å². The minimum absolute atomic E-state index is 0.144. The average Bonchev–Trinajstić information content (AvgIpc) is 2.89. The third-order valence-corrected chi connectivity index (χ3v) is 3.38. The maximum Gasteiger partial charge on any atom is 0.163 e. The number of nitrogens with two attached hydrogens (primary N) is 1. The lowest BCUT2D eigenvalue weighted by molar-refractivity contribution is 0.604. The van der Waals surface area contributed by atoms with E-state index in [1.54, 1.807) is 6.33 Å². The summed E-state index contributed by atoms with van der Waals surface area (Å²) in [4.78, 5) is 4.27. The predicted molar refractivity (Wildman–Crippen MR) is 77.2 cm³/mol. The molecule has 0 spiro atoms. The molecule has 1 aromatic carbocycles. The molecule has 0 saturated heterocycles. The molecule has 0 bridgehead atoms. The molecule has 5 nitrogen and oxygen atoms in total. The molecule has 20 heavy (non-hydrogen) atoms. The molecule has 0 radical (unpaired) electrons. The average molecular weight is 267 g/mol. The molecule has 0 saturated carbocycles. The molecule has 0 fully saturated rings. The molecule has 0 aliphatic rings. The summed E-state index contributed by atoms with van der Waals surface area (Å²) >= 11 is 0. The van der Waals surface area contributed by atoms with Crippen LogP contribution in [0.4, 0.5) is 0 Å². The van der Waals surface area contributed by atoms with Crippen molar-refractivity contribution in [2.24, 2.45) is 5.73 Å². The summed E-state index contributed by atoms with van der Waals surface area (Å²) < 4.78 is 1.86. The first-order valence-corrected chi connectivity index (χ1v) is 6.71. The molecule has 1 atom stereocenters. The second-order valence-corrected chi connectivity index (χ2v) is 4.95. The zero-order valence-corrected chi connectivity index (χ0v) is 11.4. The maximum absolute atomic E-state index is 6.24. The summed E-state index contributed by atoms with van der Waals surface area (Å²) in [6.07, 6.45) is 3.50. The SMILES string of the molecule is Cc1cc2nnc(C(N)CCc3ccccc3)n2cn1. The Kier molecular flexibility index (Phi) is 3.43. The number of fused-ring (bicyclic) bond motifs is 1. The van der Waals surface area contributed by atoms with Gasteiger partial charge in [0.1, 0.15) is 6.33 Å². The van der Waals surface area contributed by atoms with E-state index in [2.05, 4.69) is 27.3 Å². The van der Waals surface area contributed by atoms with Gasteiger partial charge in [0.25, 0.3) is 0 Å². The number of rotatable bonds is 4. The van der Waals surface area contributed by atoms with Crippen molar-refractivity contribution in [3.05, 3.63) is 59.8 Å². The van der Waals surface area contributed by atoms with Crippen molar-refractivity contribution in [1.29, 1.82) is 0 Å². The topological polar surface area (TPSA) is 69.1 Å². The fourth-order valence-electron chi connectivity index (χ4n) is 2.25. The lowest BCUT2D eigenvalue weighted by Crippen LogP contribution is -2.15. The lowest BCUT2D eigenvalue weighted by atomic mass is 10.1. The van der Waals surface area contributed by atoms with Gasteiger partial charge in [-0.15, -0.1) is 10.2 Å². The van der Waals surface area contributed by atoms with Gasteiger partial charge < -0.3 is 5.73 Å². The summed E-state index contributed by atoms with van der Waals surface area (Å²) in [5, 5.41) is 8.35. The van der Waals surface area contributed by atoms with Gasteiger partial charge in [-0.05, 0) is 25.3 Å². The van der Waals surface area contributed by atoms with E-state index in [0.29, 0.717) is 0 Å². The van der Waals surface area contributed by atoms with Crippen molar-refractivity contribution >= 4 is 5.65 Å². The van der Waals surface area contributed by atoms with Gasteiger partial charge in [-0.1, -0.05) is 30.3 Å². The Hall–Kier alpha value is -2.27. The standard InChI is InChI=1S/C15H17N5/c1-11-9-14-18-19-15(20(14)10-17-11)13(16)8-7-12-5-3-2-4-6-12/h2-6,9-10,13H,7-8,16H2,1H3. The molecule has 2 aromatic heterocycles. The van der Waals surface area contributed by atoms with E-state index in [1.165, 1.54) is 5.56 Å². The van der Waals surface area contributed by atoms with E-state index in [1.807, 2.05) is 35.6 Å². The van der Waals surface area contributed by atoms with Crippen molar-refractivity contribution in [2.75, 3.05) is 0 Å². The molecular formula is C15H17N5. The van der Waals surface area contributed by atoms with Gasteiger partial charge in [0.05, 0.1) is 6.04 Å². The van der Waals surface area contributed by atoms with Crippen LogP contribution in [0.5, 0.6) is 0 Å². The minimum atomic E-state index is -0.144. The summed E-state index contributed by atoms with van der Waals surface area (Å²) in [6.45, 7) is 1.93. The van der Waals surface area contributed by atoms with E-state index in [4.69, 9.17) is 5.73 Å². The Morgan fingerprint density at radius 1 is 1.20 bits per heavy atom. The Morgan fingerprint density at radius 3 is 2.80 bits per heavy atom. The monoisotopic (exact) mass is 267 g/mol. The molecular weight excluding hydrogens is 250 g/mol. The third kappa shape index (κ3) is 2.53. The third-order valence-electron chi connectivity index (χ3n) is 3.38. The summed E-state index contributed by atoms with van der Waals surface area (Å²) in [5.41, 5.74) is 9.24. The number of aromatic nitrogens is 4. The van der Waals surface area contributed by atoms with Gasteiger partial charge in [-0.3, -0.25) is 4.40 Å². The zero-order chi connectivity index (χ0) is 13.9. The van der Waals surface area contributed by atoms with Crippen LogP contribution >= 0.6 is 0 Å². The first kappa shape index (κ1) is 12.7. The van der Waals surface area contributed by atoms with Gasteiger partial charge in [-0.25, -0.2) is 4.98 Å². The zero-order valence-electron chi connectivity index (χ0n) is 11.4. The van der Waals surface area contributed by atoms with E-state index < -0.39 is 0 Å². The predicted octanol–water partition coefficient (Wildman–Crippen LogP) is 2.07. The minimum Gasteiger partial charge on any atom is -0.321 e. The van der Waals surface area contributed by atoms with Crippen molar-refractivity contribution in [3.63, 3.8) is 0 Å². The second-order valence-electron chi connectivity index (χ2n) is 4.95. The Labute approximate surface area is 117 Å². The number of aryl methyl sites for hydroxylation is 2. The Bertz CT molecular complexity index is 705. The van der Waals surface area contributed by atoms with Crippen molar-refractivity contribution in [2.45, 2.75) is 25.8 Å². The van der Waals surface area contributed by atoms with Crippen LogP contribution in [0.3, 0.4) is 0 Å². The fourth-order valence-corrected chi connectivity index (χ4v) is 2.25. The smallest absolute Gasteiger partial charge is 0.163 e. The van der Waals surface area contributed by atoms with Gasteiger partial charge in [0.15, 0.2) is 11.5 Å². The van der Waals surface area contributed by atoms with E-state index >= 15 is 0 Å². The maximum atomic E-state index is 6.24. The number of hydrogen-bond donors (Lipinski definition) is 1. The highest BCUT2D eigenvalue weighted by Gasteiger charge is 2.14. The van der Waals surface area contributed by atoms with Crippen LogP contribution in [0, 0.1) is 6.92 Å². The molecule has 3 rings (SSSR count). The Balaban J connectivity index is 1.77. The van der Waals surface area contributed by atoms with Gasteiger partial charge >= 0.3 is 0 Å². The molecule has 2 heterocycles. The second kappa shape index (κ2) is 5.38. The molecule has 0 aliphatic carbocycles. The summed E-state index contributed by atoms with van der Waals surface area (Å²) in [7, 11) is 0. The van der Waals surface area contributed by atoms with E-state index in [9.17, 15) is 0 Å². The number of nitrogens with zero attached hydrogens (tertiary/aromatic N) is 4. The highest BCUT2D eigenvalue weighted by atomic mass is 15.3. The number of benzene rings is 1. The summed E-state index contributed by atoms with van der Waals surface area (Å²) in [6, 6.07) is 12.1. The molecule has 5 heteroatoms. The van der Waals surface area contributed by atoms with Gasteiger partial charge in [-0.2, -0.15) is 0 Å². The van der Waals surface area contributed by atoms with Crippen LogP contribution in [-0.2, 0) is 6.42 Å². The first-order valence-electron chi connectivity index (χ1n) is 6.71. The largest absolute Gasteiger partial charge is 0.321 e. The van der Waals surface area contributed by atoms with Gasteiger partial charge in [0.2, 0.25) is 0 Å².